The van der Waals surface area contributed by atoms with E-state index in [2.05, 4.69) is 13.5 Å². The lowest BCUT2D eigenvalue weighted by Crippen LogP contribution is -2.35. The summed E-state index contributed by atoms with van der Waals surface area (Å²) in [7, 11) is 0. The first-order valence-electron chi connectivity index (χ1n) is 15.1. The minimum absolute atomic E-state index is 0.0438. The van der Waals surface area contributed by atoms with Gasteiger partial charge in [0.15, 0.2) is 0 Å². The van der Waals surface area contributed by atoms with Gasteiger partial charge in [0, 0.05) is 5.41 Å². The van der Waals surface area contributed by atoms with E-state index in [1.807, 2.05) is 27.7 Å². The molecule has 0 bridgehead atoms. The lowest BCUT2D eigenvalue weighted by molar-refractivity contribution is -0.159. The van der Waals surface area contributed by atoms with E-state index in [1.54, 1.807) is 0 Å². The Bertz CT molecular complexity index is 707. The van der Waals surface area contributed by atoms with Crippen LogP contribution in [0.3, 0.4) is 0 Å². The molecule has 214 valence electrons. The van der Waals surface area contributed by atoms with Gasteiger partial charge >= 0.3 is 11.9 Å². The predicted molar refractivity (Wildman–Crippen MR) is 150 cm³/mol. The second-order valence-electron chi connectivity index (χ2n) is 13.6. The van der Waals surface area contributed by atoms with E-state index in [9.17, 15) is 14.7 Å². The fourth-order valence-corrected chi connectivity index (χ4v) is 6.18. The van der Waals surface area contributed by atoms with Crippen LogP contribution < -0.4 is 0 Å². The summed E-state index contributed by atoms with van der Waals surface area (Å²) in [5.41, 5.74) is -0.989. The van der Waals surface area contributed by atoms with Gasteiger partial charge in [-0.25, -0.2) is 4.79 Å². The average molecular weight is 521 g/mol. The van der Waals surface area contributed by atoms with Crippen molar-refractivity contribution in [2.45, 2.75) is 125 Å². The molecule has 0 aliphatic heterocycles. The Hall–Kier alpha value is -1.36. The molecule has 0 saturated heterocycles. The summed E-state index contributed by atoms with van der Waals surface area (Å²) >= 11 is 0. The summed E-state index contributed by atoms with van der Waals surface area (Å²) in [5.74, 6) is 2.67. The monoisotopic (exact) mass is 520 g/mol. The fraction of sp³-hybridized carbons (Fsp3) is 0.875. The lowest BCUT2D eigenvalue weighted by atomic mass is 9.67. The zero-order valence-corrected chi connectivity index (χ0v) is 24.6. The molecule has 5 heteroatoms. The Morgan fingerprint density at radius 1 is 0.811 bits per heavy atom. The average Bonchev–Trinajstić information content (AvgIpc) is 2.89. The van der Waals surface area contributed by atoms with Crippen molar-refractivity contribution in [2.24, 2.45) is 34.5 Å². The van der Waals surface area contributed by atoms with Crippen LogP contribution in [-0.2, 0) is 19.1 Å². The second kappa shape index (κ2) is 15.3. The number of carbonyl (C=O) groups is 2. The fourth-order valence-electron chi connectivity index (χ4n) is 6.18. The van der Waals surface area contributed by atoms with Gasteiger partial charge in [-0.3, -0.25) is 4.79 Å². The van der Waals surface area contributed by atoms with Crippen molar-refractivity contribution >= 4 is 11.9 Å². The van der Waals surface area contributed by atoms with Crippen molar-refractivity contribution in [3.8, 4) is 0 Å². The molecule has 2 saturated carbocycles. The van der Waals surface area contributed by atoms with Gasteiger partial charge in [0.05, 0.1) is 24.2 Å². The number of hydrogen-bond donors (Lipinski definition) is 1. The molecule has 1 unspecified atom stereocenters. The Labute approximate surface area is 227 Å². The third-order valence-electron chi connectivity index (χ3n) is 9.02. The molecule has 0 aromatic carbocycles. The number of hydrogen-bond acceptors (Lipinski definition) is 5. The Morgan fingerprint density at radius 3 is 1.81 bits per heavy atom. The number of ether oxygens (including phenoxy) is 2. The third-order valence-corrected chi connectivity index (χ3v) is 9.02. The van der Waals surface area contributed by atoms with Crippen LogP contribution in [0.25, 0.3) is 0 Å². The number of unbranched alkanes of at least 4 members (excludes halogenated alkanes) is 2. The van der Waals surface area contributed by atoms with E-state index in [0.29, 0.717) is 5.92 Å². The van der Waals surface area contributed by atoms with E-state index >= 15 is 0 Å². The summed E-state index contributed by atoms with van der Waals surface area (Å²) in [6.45, 7) is 13.4. The van der Waals surface area contributed by atoms with E-state index in [4.69, 9.17) is 9.47 Å². The van der Waals surface area contributed by atoms with Crippen molar-refractivity contribution in [3.05, 3.63) is 12.2 Å². The van der Waals surface area contributed by atoms with E-state index in [-0.39, 0.29) is 24.8 Å². The molecule has 1 atom stereocenters. The summed E-state index contributed by atoms with van der Waals surface area (Å²) in [4.78, 5) is 24.5. The zero-order valence-electron chi connectivity index (χ0n) is 24.6. The molecule has 0 radical (unpaired) electrons. The number of aliphatic hydroxyl groups is 1. The second-order valence-corrected chi connectivity index (χ2v) is 13.6. The first-order valence-corrected chi connectivity index (χ1v) is 15.1. The van der Waals surface area contributed by atoms with Gasteiger partial charge in [-0.05, 0) is 83.0 Å². The molecular weight excluding hydrogens is 464 g/mol. The van der Waals surface area contributed by atoms with Gasteiger partial charge < -0.3 is 14.6 Å². The SMILES string of the molecule is C=C(CO)C(=O)OCC(C)(CCC1CCC(C2CCC(CCCCC)CC2)CC1)COC(=O)C(C)(C)C. The Balaban J connectivity index is 1.81. The van der Waals surface area contributed by atoms with Crippen LogP contribution in [0, 0.1) is 34.5 Å². The van der Waals surface area contributed by atoms with E-state index in [0.717, 1.165) is 30.6 Å². The quantitative estimate of drug-likeness (QED) is 0.145. The Morgan fingerprint density at radius 2 is 1.32 bits per heavy atom. The van der Waals surface area contributed by atoms with Crippen LogP contribution in [0.5, 0.6) is 0 Å². The number of rotatable bonds is 14. The molecule has 0 amide bonds. The third kappa shape index (κ3) is 11.1. The summed E-state index contributed by atoms with van der Waals surface area (Å²) in [6, 6.07) is 0. The number of esters is 2. The molecule has 5 nitrogen and oxygen atoms in total. The molecule has 0 aromatic rings. The van der Waals surface area contributed by atoms with Crippen LogP contribution in [-0.4, -0.2) is 36.9 Å². The zero-order chi connectivity index (χ0) is 27.5. The standard InChI is InChI=1S/C32H56O5/c1-7-8-9-10-25-11-15-27(16-12-25)28-17-13-26(14-18-28)19-20-32(6,22-36-29(34)24(2)21-33)23-37-30(35)31(3,4)5/h25-28,33H,2,7-23H2,1,3-6H3. The molecule has 0 spiro atoms. The summed E-state index contributed by atoms with van der Waals surface area (Å²) < 4.78 is 11.1. The first-order chi connectivity index (χ1) is 17.5. The highest BCUT2D eigenvalue weighted by Gasteiger charge is 2.34. The highest BCUT2D eigenvalue weighted by Crippen LogP contribution is 2.44. The Kier molecular flexibility index (Phi) is 13.2. The van der Waals surface area contributed by atoms with Crippen LogP contribution in [0.4, 0.5) is 0 Å². The van der Waals surface area contributed by atoms with Crippen molar-refractivity contribution in [2.75, 3.05) is 19.8 Å². The van der Waals surface area contributed by atoms with Gasteiger partial charge in [0.25, 0.3) is 0 Å². The minimum atomic E-state index is -0.587. The predicted octanol–water partition coefficient (Wildman–Crippen LogP) is 7.65. The first kappa shape index (κ1) is 31.9. The lowest BCUT2D eigenvalue weighted by Gasteiger charge is -2.39. The van der Waals surface area contributed by atoms with Crippen molar-refractivity contribution in [3.63, 3.8) is 0 Å². The molecule has 37 heavy (non-hydrogen) atoms. The number of aliphatic hydroxyl groups excluding tert-OH is 1. The normalized spacial score (nSPS) is 26.2. The smallest absolute Gasteiger partial charge is 0.335 e. The molecule has 0 aromatic heterocycles. The topological polar surface area (TPSA) is 72.8 Å². The van der Waals surface area contributed by atoms with Gasteiger partial charge in [0.2, 0.25) is 0 Å². The van der Waals surface area contributed by atoms with Crippen LogP contribution in [0.1, 0.15) is 125 Å². The molecule has 2 rings (SSSR count). The molecule has 1 N–H and O–H groups in total. The highest BCUT2D eigenvalue weighted by molar-refractivity contribution is 5.87. The molecular formula is C32H56O5. The highest BCUT2D eigenvalue weighted by atomic mass is 16.5. The molecule has 2 fully saturated rings. The summed E-state index contributed by atoms with van der Waals surface area (Å²) in [5, 5.41) is 9.18. The largest absolute Gasteiger partial charge is 0.465 e. The van der Waals surface area contributed by atoms with Gasteiger partial charge in [-0.15, -0.1) is 0 Å². The molecule has 2 aliphatic carbocycles. The van der Waals surface area contributed by atoms with E-state index < -0.39 is 23.4 Å². The maximum atomic E-state index is 12.4. The van der Waals surface area contributed by atoms with Gasteiger partial charge in [-0.1, -0.05) is 71.8 Å². The molecule has 0 heterocycles. The van der Waals surface area contributed by atoms with Crippen LogP contribution in [0.2, 0.25) is 0 Å². The summed E-state index contributed by atoms with van der Waals surface area (Å²) in [6.07, 6.45) is 18.5. The minimum Gasteiger partial charge on any atom is -0.465 e. The van der Waals surface area contributed by atoms with Crippen molar-refractivity contribution in [1.29, 1.82) is 0 Å². The maximum absolute atomic E-state index is 12.4. The van der Waals surface area contributed by atoms with Gasteiger partial charge in [0.1, 0.15) is 6.61 Å². The van der Waals surface area contributed by atoms with Crippen LogP contribution in [0.15, 0.2) is 12.2 Å². The van der Waals surface area contributed by atoms with Crippen molar-refractivity contribution < 1.29 is 24.2 Å². The van der Waals surface area contributed by atoms with Crippen molar-refractivity contribution in [1.82, 2.24) is 0 Å². The van der Waals surface area contributed by atoms with E-state index in [1.165, 1.54) is 77.0 Å². The maximum Gasteiger partial charge on any atom is 0.335 e. The van der Waals surface area contributed by atoms with Crippen LogP contribution >= 0.6 is 0 Å². The number of carbonyl (C=O) groups excluding carboxylic acids is 2. The van der Waals surface area contributed by atoms with Gasteiger partial charge in [-0.2, -0.15) is 0 Å². The molecule has 2 aliphatic rings.